The maximum absolute atomic E-state index is 13.3. The van der Waals surface area contributed by atoms with Crippen LogP contribution in [0.25, 0.3) is 0 Å². The fourth-order valence-electron chi connectivity index (χ4n) is 3.00. The molecule has 3 amide bonds. The average molecular weight is 383 g/mol. The van der Waals surface area contributed by atoms with Crippen LogP contribution in [0.3, 0.4) is 0 Å². The summed E-state index contributed by atoms with van der Waals surface area (Å²) in [5.74, 6) is -0.192. The Hall–Kier alpha value is -1.63. The molecule has 0 bridgehead atoms. The van der Waals surface area contributed by atoms with Crippen LogP contribution in [0.15, 0.2) is 0 Å². The Balaban J connectivity index is 2.96. The van der Waals surface area contributed by atoms with Gasteiger partial charge in [-0.05, 0) is 45.1 Å². The van der Waals surface area contributed by atoms with Gasteiger partial charge in [-0.25, -0.2) is 0 Å². The Kier molecular flexibility index (Phi) is 8.26. The summed E-state index contributed by atoms with van der Waals surface area (Å²) in [5.41, 5.74) is -0.463. The first-order chi connectivity index (χ1) is 12.4. The van der Waals surface area contributed by atoms with Gasteiger partial charge in [0.1, 0.15) is 12.1 Å². The van der Waals surface area contributed by atoms with Gasteiger partial charge in [-0.3, -0.25) is 14.4 Å². The van der Waals surface area contributed by atoms with Gasteiger partial charge in [0.05, 0.1) is 6.04 Å². The van der Waals surface area contributed by atoms with Crippen LogP contribution in [0.1, 0.15) is 61.3 Å². The molecule has 3 N–H and O–H groups in total. The first-order valence-electron chi connectivity index (χ1n) is 9.98. The van der Waals surface area contributed by atoms with E-state index in [2.05, 4.69) is 29.8 Å². The molecule has 4 atom stereocenters. The highest BCUT2D eigenvalue weighted by Crippen LogP contribution is 2.26. The lowest BCUT2D eigenvalue weighted by Crippen LogP contribution is -2.59. The molecule has 1 heterocycles. The molecule has 0 spiro atoms. The molecule has 7 heteroatoms. The molecule has 0 aliphatic carbocycles. The van der Waals surface area contributed by atoms with Crippen LogP contribution in [-0.4, -0.2) is 60.4 Å². The van der Waals surface area contributed by atoms with E-state index in [1.807, 2.05) is 27.7 Å². The van der Waals surface area contributed by atoms with Crippen molar-refractivity contribution in [2.24, 2.45) is 11.3 Å². The average Bonchev–Trinajstić information content (AvgIpc) is 3.06. The van der Waals surface area contributed by atoms with Gasteiger partial charge in [-0.2, -0.15) is 0 Å². The highest BCUT2D eigenvalue weighted by molar-refractivity contribution is 5.94. The lowest BCUT2D eigenvalue weighted by molar-refractivity contribution is -0.144. The van der Waals surface area contributed by atoms with Crippen molar-refractivity contribution >= 4 is 17.7 Å². The van der Waals surface area contributed by atoms with Crippen LogP contribution < -0.4 is 16.0 Å². The Morgan fingerprint density at radius 3 is 2.11 bits per heavy atom. The Morgan fingerprint density at radius 2 is 1.63 bits per heavy atom. The Morgan fingerprint density at radius 1 is 1.04 bits per heavy atom. The fraction of sp³-hybridized carbons (Fsp3) is 0.850. The maximum Gasteiger partial charge on any atom is 0.246 e. The number of rotatable bonds is 7. The van der Waals surface area contributed by atoms with E-state index in [0.29, 0.717) is 18.9 Å². The summed E-state index contributed by atoms with van der Waals surface area (Å²) in [7, 11) is 1.70. The number of hydrogen-bond acceptors (Lipinski definition) is 4. The van der Waals surface area contributed by atoms with Crippen LogP contribution in [-0.2, 0) is 14.4 Å². The topological polar surface area (TPSA) is 90.5 Å². The second-order valence-corrected chi connectivity index (χ2v) is 9.05. The zero-order valence-electron chi connectivity index (χ0n) is 18.2. The standard InChI is InChI=1S/C20H38N4O3/c1-12(2)13(3)22-18(26)15-10-9-11-24(15)19(27)16(20(5,6)7)23-17(25)14(4)21-8/h12-16,21H,9-11H2,1-8H3,(H,22,26)(H,23,25)/t13-,14+,15+,16-/m1/s1. The van der Waals surface area contributed by atoms with E-state index in [1.54, 1.807) is 18.9 Å². The molecule has 0 unspecified atom stereocenters. The summed E-state index contributed by atoms with van der Waals surface area (Å²) < 4.78 is 0. The largest absolute Gasteiger partial charge is 0.352 e. The van der Waals surface area contributed by atoms with Gasteiger partial charge in [0.15, 0.2) is 0 Å². The zero-order chi connectivity index (χ0) is 20.9. The van der Waals surface area contributed by atoms with Gasteiger partial charge in [0.2, 0.25) is 17.7 Å². The second kappa shape index (κ2) is 9.53. The third kappa shape index (κ3) is 6.19. The smallest absolute Gasteiger partial charge is 0.246 e. The SMILES string of the molecule is CN[C@@H](C)C(=O)N[C@H](C(=O)N1CCC[C@H]1C(=O)N[C@H](C)C(C)C)C(C)(C)C. The van der Waals surface area contributed by atoms with Crippen LogP contribution in [0.2, 0.25) is 0 Å². The lowest BCUT2D eigenvalue weighted by Gasteiger charge is -2.36. The molecular formula is C20H38N4O3. The summed E-state index contributed by atoms with van der Waals surface area (Å²) in [6.45, 7) is 14.1. The van der Waals surface area contributed by atoms with E-state index in [1.165, 1.54) is 0 Å². The lowest BCUT2D eigenvalue weighted by atomic mass is 9.85. The minimum absolute atomic E-state index is 0.0460. The van der Waals surface area contributed by atoms with Gasteiger partial charge in [-0.15, -0.1) is 0 Å². The number of amides is 3. The molecule has 1 aliphatic rings. The van der Waals surface area contributed by atoms with Crippen molar-refractivity contribution in [1.82, 2.24) is 20.9 Å². The van der Waals surface area contributed by atoms with Gasteiger partial charge < -0.3 is 20.9 Å². The van der Waals surface area contributed by atoms with E-state index in [4.69, 9.17) is 0 Å². The molecule has 1 rings (SSSR count). The van der Waals surface area contributed by atoms with Gasteiger partial charge in [0, 0.05) is 12.6 Å². The molecule has 27 heavy (non-hydrogen) atoms. The molecule has 0 aromatic heterocycles. The number of nitrogens with one attached hydrogen (secondary N) is 3. The summed E-state index contributed by atoms with van der Waals surface area (Å²) >= 11 is 0. The summed E-state index contributed by atoms with van der Waals surface area (Å²) in [6, 6.07) is -1.50. The number of carbonyl (C=O) groups excluding carboxylic acids is 3. The van der Waals surface area contributed by atoms with Crippen molar-refractivity contribution in [3.63, 3.8) is 0 Å². The van der Waals surface area contributed by atoms with Gasteiger partial charge in [-0.1, -0.05) is 34.6 Å². The number of nitrogens with zero attached hydrogens (tertiary/aromatic N) is 1. The molecule has 0 radical (unpaired) electrons. The van der Waals surface area contributed by atoms with Crippen molar-refractivity contribution in [2.45, 2.75) is 85.5 Å². The van der Waals surface area contributed by atoms with E-state index in [-0.39, 0.29) is 23.8 Å². The van der Waals surface area contributed by atoms with Crippen molar-refractivity contribution in [1.29, 1.82) is 0 Å². The first kappa shape index (κ1) is 23.4. The minimum Gasteiger partial charge on any atom is -0.352 e. The van der Waals surface area contributed by atoms with Crippen LogP contribution >= 0.6 is 0 Å². The molecule has 0 aromatic rings. The van der Waals surface area contributed by atoms with E-state index in [0.717, 1.165) is 6.42 Å². The monoisotopic (exact) mass is 382 g/mol. The predicted octanol–water partition coefficient (Wildman–Crippen LogP) is 1.28. The third-order valence-corrected chi connectivity index (χ3v) is 5.43. The number of likely N-dealkylation sites (N-methyl/N-ethyl adjacent to an activating group) is 1. The number of hydrogen-bond donors (Lipinski definition) is 3. The summed E-state index contributed by atoms with van der Waals surface area (Å²) in [4.78, 5) is 40.0. The van der Waals surface area contributed by atoms with Crippen LogP contribution in [0.5, 0.6) is 0 Å². The summed E-state index contributed by atoms with van der Waals surface area (Å²) in [6.07, 6.45) is 1.44. The fourth-order valence-corrected chi connectivity index (χ4v) is 3.00. The first-order valence-corrected chi connectivity index (χ1v) is 9.98. The van der Waals surface area contributed by atoms with Crippen molar-refractivity contribution < 1.29 is 14.4 Å². The second-order valence-electron chi connectivity index (χ2n) is 9.05. The Bertz CT molecular complexity index is 542. The van der Waals surface area contributed by atoms with Crippen molar-refractivity contribution in [3.8, 4) is 0 Å². The van der Waals surface area contributed by atoms with Crippen molar-refractivity contribution in [2.75, 3.05) is 13.6 Å². The van der Waals surface area contributed by atoms with Gasteiger partial charge in [0.25, 0.3) is 0 Å². The molecular weight excluding hydrogens is 344 g/mol. The molecule has 0 aromatic carbocycles. The zero-order valence-corrected chi connectivity index (χ0v) is 18.2. The van der Waals surface area contributed by atoms with E-state index < -0.39 is 23.5 Å². The molecule has 156 valence electrons. The predicted molar refractivity (Wildman–Crippen MR) is 107 cm³/mol. The van der Waals surface area contributed by atoms with E-state index >= 15 is 0 Å². The normalized spacial score (nSPS) is 20.9. The van der Waals surface area contributed by atoms with Gasteiger partial charge >= 0.3 is 0 Å². The molecule has 1 aliphatic heterocycles. The third-order valence-electron chi connectivity index (χ3n) is 5.43. The van der Waals surface area contributed by atoms with Crippen LogP contribution in [0, 0.1) is 11.3 Å². The highest BCUT2D eigenvalue weighted by Gasteiger charge is 2.42. The quantitative estimate of drug-likeness (QED) is 0.619. The number of carbonyl (C=O) groups is 3. The molecule has 0 saturated carbocycles. The molecule has 7 nitrogen and oxygen atoms in total. The Labute approximate surface area is 164 Å². The number of likely N-dealkylation sites (tertiary alicyclic amines) is 1. The maximum atomic E-state index is 13.3. The summed E-state index contributed by atoms with van der Waals surface area (Å²) in [5, 5.41) is 8.79. The molecule has 1 saturated heterocycles. The van der Waals surface area contributed by atoms with Crippen LogP contribution in [0.4, 0.5) is 0 Å². The molecule has 1 fully saturated rings. The van der Waals surface area contributed by atoms with Crippen molar-refractivity contribution in [3.05, 3.63) is 0 Å². The minimum atomic E-state index is -0.684. The highest BCUT2D eigenvalue weighted by atomic mass is 16.2. The van der Waals surface area contributed by atoms with E-state index in [9.17, 15) is 14.4 Å².